The van der Waals surface area contributed by atoms with Crippen LogP contribution in [0.15, 0.2) is 109 Å². The third-order valence-corrected chi connectivity index (χ3v) is 15.7. The van der Waals surface area contributed by atoms with Gasteiger partial charge in [0.25, 0.3) is 0 Å². The Morgan fingerprint density at radius 1 is 0.220 bits per heavy atom. The summed E-state index contributed by atoms with van der Waals surface area (Å²) in [5, 5.41) is 0. The minimum atomic E-state index is 0.696. The van der Waals surface area contributed by atoms with Gasteiger partial charge < -0.3 is 18.9 Å². The monoisotopic (exact) mass is 1110 g/mol. The van der Waals surface area contributed by atoms with Crippen molar-refractivity contribution in [1.29, 1.82) is 0 Å². The second-order valence-electron chi connectivity index (χ2n) is 23.0. The summed E-state index contributed by atoms with van der Waals surface area (Å²) in [6.07, 6.45) is 58.8. The largest absolute Gasteiger partial charge is 0.494 e. The van der Waals surface area contributed by atoms with Gasteiger partial charge in [0.2, 0.25) is 0 Å². The van der Waals surface area contributed by atoms with E-state index in [0.29, 0.717) is 13.2 Å². The molecule has 0 aliphatic rings. The summed E-state index contributed by atoms with van der Waals surface area (Å²) in [7, 11) is 0. The third kappa shape index (κ3) is 30.5. The molecule has 0 saturated heterocycles. The first kappa shape index (κ1) is 67.1. The van der Waals surface area contributed by atoms with E-state index in [0.717, 1.165) is 106 Å². The van der Waals surface area contributed by atoms with E-state index in [-0.39, 0.29) is 0 Å². The average Bonchev–Trinajstić information content (AvgIpc) is 3.54. The third-order valence-electron chi connectivity index (χ3n) is 15.7. The molecule has 0 heterocycles. The SMILES string of the molecule is CCCCCCCCCCCCOc1cc(/C=C/c2ccc(/C=C/c3ccc(OCCCCCCCC)cc3)cc2)c(OCCCCCCCCCCCC)cc1/C=C/c1ccc(/C=C/c2ccc(OCCCCCCCC)cc2)cc1. The molecule has 0 amide bonds. The Kier molecular flexibility index (Phi) is 36.6. The normalized spacial score (nSPS) is 11.8. The highest BCUT2D eigenvalue weighted by atomic mass is 16.5. The standard InChI is InChI=1S/C78H110O4/c1-5-9-13-17-21-23-25-27-31-35-63-81-77-65-74(56-50-70-45-39-68(40-46-70)42-48-72-53-59-76(60-54-72)80-62-34-30-20-16-12-8-4)78(82-64-36-32-28-26-24-22-18-14-10-6-2)66-73(77)55-49-69-43-37-67(38-44-69)41-47-71-51-57-75(58-52-71)79-61-33-29-19-15-11-7-3/h37-60,65-66H,5-36,61-64H2,1-4H3/b47-41+,48-42+,55-49+,56-50+. The highest BCUT2D eigenvalue weighted by molar-refractivity contribution is 5.80. The smallest absolute Gasteiger partial charge is 0.127 e. The second kappa shape index (κ2) is 44.8. The van der Waals surface area contributed by atoms with E-state index in [2.05, 4.69) is 185 Å². The first-order valence-electron chi connectivity index (χ1n) is 33.4. The molecule has 0 radical (unpaired) electrons. The molecule has 4 nitrogen and oxygen atoms in total. The Hall–Kier alpha value is -5.74. The Labute approximate surface area is 501 Å². The number of rotatable bonds is 48. The van der Waals surface area contributed by atoms with Crippen LogP contribution in [-0.4, -0.2) is 26.4 Å². The molecule has 0 aliphatic carbocycles. The predicted molar refractivity (Wildman–Crippen MR) is 360 cm³/mol. The van der Waals surface area contributed by atoms with Gasteiger partial charge in [0.1, 0.15) is 23.0 Å². The van der Waals surface area contributed by atoms with Crippen LogP contribution in [0.2, 0.25) is 0 Å². The molecule has 446 valence electrons. The maximum absolute atomic E-state index is 6.75. The number of benzene rings is 5. The molecular weight excluding hydrogens is 1000 g/mol. The fourth-order valence-corrected chi connectivity index (χ4v) is 10.3. The van der Waals surface area contributed by atoms with Crippen molar-refractivity contribution in [1.82, 2.24) is 0 Å². The van der Waals surface area contributed by atoms with Crippen molar-refractivity contribution in [2.75, 3.05) is 26.4 Å². The number of hydrogen-bond acceptors (Lipinski definition) is 4. The van der Waals surface area contributed by atoms with Gasteiger partial charge in [-0.05, 0) is 95.5 Å². The Morgan fingerprint density at radius 2 is 0.415 bits per heavy atom. The van der Waals surface area contributed by atoms with Crippen LogP contribution in [0.1, 0.15) is 278 Å². The zero-order valence-electron chi connectivity index (χ0n) is 52.1. The lowest BCUT2D eigenvalue weighted by Gasteiger charge is -2.16. The van der Waals surface area contributed by atoms with E-state index in [4.69, 9.17) is 18.9 Å². The van der Waals surface area contributed by atoms with Crippen LogP contribution in [0, 0.1) is 0 Å². The first-order valence-corrected chi connectivity index (χ1v) is 33.4. The minimum absolute atomic E-state index is 0.696. The van der Waals surface area contributed by atoms with Gasteiger partial charge in [-0.1, -0.05) is 329 Å². The lowest BCUT2D eigenvalue weighted by Crippen LogP contribution is -2.03. The molecule has 5 rings (SSSR count). The number of unbranched alkanes of at least 4 members (excludes halogenated alkanes) is 28. The predicted octanol–water partition coefficient (Wildman–Crippen LogP) is 24.4. The van der Waals surface area contributed by atoms with Gasteiger partial charge in [0.15, 0.2) is 0 Å². The average molecular weight is 1110 g/mol. The molecule has 0 N–H and O–H groups in total. The summed E-state index contributed by atoms with van der Waals surface area (Å²) in [5.74, 6) is 3.69. The fraction of sp³-hybridized carbons (Fsp3) is 0.513. The fourth-order valence-electron chi connectivity index (χ4n) is 10.3. The molecule has 0 atom stereocenters. The number of hydrogen-bond donors (Lipinski definition) is 0. The van der Waals surface area contributed by atoms with Crippen molar-refractivity contribution < 1.29 is 18.9 Å². The molecule has 4 heteroatoms. The molecule has 0 bridgehead atoms. The summed E-state index contributed by atoms with van der Waals surface area (Å²) in [5.41, 5.74) is 9.01. The molecule has 0 aromatic heterocycles. The van der Waals surface area contributed by atoms with Crippen molar-refractivity contribution in [2.24, 2.45) is 0 Å². The topological polar surface area (TPSA) is 36.9 Å². The van der Waals surface area contributed by atoms with Crippen molar-refractivity contribution in [3.63, 3.8) is 0 Å². The molecule has 0 spiro atoms. The zero-order valence-corrected chi connectivity index (χ0v) is 52.1. The summed E-state index contributed by atoms with van der Waals surface area (Å²) in [6.45, 7) is 12.1. The van der Waals surface area contributed by atoms with E-state index in [1.807, 2.05) is 0 Å². The van der Waals surface area contributed by atoms with E-state index >= 15 is 0 Å². The molecular formula is C78H110O4. The van der Waals surface area contributed by atoms with Gasteiger partial charge in [0.05, 0.1) is 26.4 Å². The Morgan fingerprint density at radius 3 is 0.659 bits per heavy atom. The van der Waals surface area contributed by atoms with Gasteiger partial charge in [-0.2, -0.15) is 0 Å². The van der Waals surface area contributed by atoms with Crippen molar-refractivity contribution in [2.45, 2.75) is 233 Å². The Bertz CT molecular complexity index is 2280. The van der Waals surface area contributed by atoms with Crippen LogP contribution in [-0.2, 0) is 0 Å². The van der Waals surface area contributed by atoms with Crippen molar-refractivity contribution >= 4 is 48.6 Å². The van der Waals surface area contributed by atoms with Crippen LogP contribution in [0.4, 0.5) is 0 Å². The van der Waals surface area contributed by atoms with Crippen LogP contribution >= 0.6 is 0 Å². The molecule has 5 aromatic carbocycles. The Balaban J connectivity index is 1.27. The quantitative estimate of drug-likeness (QED) is 0.0287. The van der Waals surface area contributed by atoms with Gasteiger partial charge >= 0.3 is 0 Å². The lowest BCUT2D eigenvalue weighted by molar-refractivity contribution is 0.295. The van der Waals surface area contributed by atoms with Gasteiger partial charge in [-0.3, -0.25) is 0 Å². The van der Waals surface area contributed by atoms with Crippen molar-refractivity contribution in [3.8, 4) is 23.0 Å². The maximum atomic E-state index is 6.75. The molecule has 0 aliphatic heterocycles. The van der Waals surface area contributed by atoms with Crippen LogP contribution in [0.3, 0.4) is 0 Å². The lowest BCUT2D eigenvalue weighted by atomic mass is 10.0. The summed E-state index contributed by atoms with van der Waals surface area (Å²) in [4.78, 5) is 0. The van der Waals surface area contributed by atoms with Crippen LogP contribution < -0.4 is 18.9 Å². The summed E-state index contributed by atoms with van der Waals surface area (Å²) < 4.78 is 25.6. The van der Waals surface area contributed by atoms with Gasteiger partial charge in [-0.15, -0.1) is 0 Å². The minimum Gasteiger partial charge on any atom is -0.494 e. The van der Waals surface area contributed by atoms with E-state index in [9.17, 15) is 0 Å². The second-order valence-corrected chi connectivity index (χ2v) is 23.0. The van der Waals surface area contributed by atoms with Gasteiger partial charge in [-0.25, -0.2) is 0 Å². The highest BCUT2D eigenvalue weighted by Crippen LogP contribution is 2.33. The maximum Gasteiger partial charge on any atom is 0.127 e. The summed E-state index contributed by atoms with van der Waals surface area (Å²) in [6, 6.07) is 38.9. The molecule has 0 saturated carbocycles. The van der Waals surface area contributed by atoms with Gasteiger partial charge in [0, 0.05) is 11.1 Å². The van der Waals surface area contributed by atoms with E-state index in [1.54, 1.807) is 0 Å². The first-order chi connectivity index (χ1) is 40.6. The molecule has 5 aromatic rings. The van der Waals surface area contributed by atoms with Crippen molar-refractivity contribution in [3.05, 3.63) is 154 Å². The van der Waals surface area contributed by atoms with Crippen LogP contribution in [0.25, 0.3) is 48.6 Å². The van der Waals surface area contributed by atoms with E-state index < -0.39 is 0 Å². The van der Waals surface area contributed by atoms with Crippen LogP contribution in [0.5, 0.6) is 23.0 Å². The number of ether oxygens (including phenoxy) is 4. The van der Waals surface area contributed by atoms with E-state index in [1.165, 1.54) is 180 Å². The molecule has 0 fully saturated rings. The molecule has 0 unspecified atom stereocenters. The summed E-state index contributed by atoms with van der Waals surface area (Å²) >= 11 is 0. The highest BCUT2D eigenvalue weighted by Gasteiger charge is 2.11. The molecule has 82 heavy (non-hydrogen) atoms. The zero-order chi connectivity index (χ0) is 57.6.